The Morgan fingerprint density at radius 3 is 2.25 bits per heavy atom. The summed E-state index contributed by atoms with van der Waals surface area (Å²) in [5.41, 5.74) is 8.57. The lowest BCUT2D eigenvalue weighted by molar-refractivity contribution is -0.140. The summed E-state index contributed by atoms with van der Waals surface area (Å²) < 4.78 is 52.5. The fourth-order valence-corrected chi connectivity index (χ4v) is 3.42. The summed E-state index contributed by atoms with van der Waals surface area (Å²) in [4.78, 5) is 14.8. The third kappa shape index (κ3) is 5.34. The number of aryl methyl sites for hydroxylation is 2. The molecule has 2 N–H and O–H groups in total. The SMILES string of the molecule is Cc1ccc(N(CCc2ccc(C(F)(F)F)c(F)c2)C(=O)C(N)c2ccccc2)cc1C. The van der Waals surface area contributed by atoms with Gasteiger partial charge in [-0.3, -0.25) is 4.79 Å². The summed E-state index contributed by atoms with van der Waals surface area (Å²) in [7, 11) is 0. The second-order valence-electron chi connectivity index (χ2n) is 7.71. The van der Waals surface area contributed by atoms with Gasteiger partial charge in [0.1, 0.15) is 11.9 Å². The van der Waals surface area contributed by atoms with E-state index in [0.29, 0.717) is 16.8 Å². The summed E-state index contributed by atoms with van der Waals surface area (Å²) in [5.74, 6) is -1.69. The maximum atomic E-state index is 14.0. The second kappa shape index (κ2) is 9.53. The Kier molecular flexibility index (Phi) is 6.99. The van der Waals surface area contributed by atoms with Crippen LogP contribution < -0.4 is 10.6 Å². The van der Waals surface area contributed by atoms with Crippen molar-refractivity contribution in [2.45, 2.75) is 32.5 Å². The average molecular weight is 444 g/mol. The van der Waals surface area contributed by atoms with Gasteiger partial charge in [-0.15, -0.1) is 0 Å². The van der Waals surface area contributed by atoms with E-state index in [0.717, 1.165) is 23.3 Å². The summed E-state index contributed by atoms with van der Waals surface area (Å²) in [6.45, 7) is 4.00. The molecule has 168 valence electrons. The molecule has 3 aromatic rings. The molecule has 0 saturated carbocycles. The first-order valence-corrected chi connectivity index (χ1v) is 10.1. The molecule has 7 heteroatoms. The topological polar surface area (TPSA) is 46.3 Å². The van der Waals surface area contributed by atoms with Crippen LogP contribution in [0.5, 0.6) is 0 Å². The molecule has 0 radical (unpaired) electrons. The monoisotopic (exact) mass is 444 g/mol. The Balaban J connectivity index is 1.88. The molecule has 3 nitrogen and oxygen atoms in total. The van der Waals surface area contributed by atoms with E-state index in [1.165, 1.54) is 11.0 Å². The molecule has 1 unspecified atom stereocenters. The van der Waals surface area contributed by atoms with Gasteiger partial charge in [0.25, 0.3) is 0 Å². The molecule has 1 atom stereocenters. The maximum Gasteiger partial charge on any atom is 0.419 e. The first-order chi connectivity index (χ1) is 15.1. The fraction of sp³-hybridized carbons (Fsp3) is 0.240. The highest BCUT2D eigenvalue weighted by Gasteiger charge is 2.34. The number of nitrogens with two attached hydrogens (primary N) is 1. The first kappa shape index (κ1) is 23.5. The number of benzene rings is 3. The second-order valence-corrected chi connectivity index (χ2v) is 7.71. The number of hydrogen-bond donors (Lipinski definition) is 1. The zero-order valence-corrected chi connectivity index (χ0v) is 17.8. The predicted octanol–water partition coefficient (Wildman–Crippen LogP) is 5.74. The molecule has 0 heterocycles. The van der Waals surface area contributed by atoms with Gasteiger partial charge in [0.2, 0.25) is 5.91 Å². The van der Waals surface area contributed by atoms with Crippen molar-refractivity contribution in [2.24, 2.45) is 5.73 Å². The van der Waals surface area contributed by atoms with Crippen LogP contribution in [-0.4, -0.2) is 12.5 Å². The molecule has 0 aromatic heterocycles. The van der Waals surface area contributed by atoms with Crippen molar-refractivity contribution in [3.63, 3.8) is 0 Å². The minimum absolute atomic E-state index is 0.132. The number of carbonyl (C=O) groups excluding carboxylic acids is 1. The Bertz CT molecular complexity index is 1100. The van der Waals surface area contributed by atoms with Gasteiger partial charge in [-0.05, 0) is 66.8 Å². The van der Waals surface area contributed by atoms with Gasteiger partial charge < -0.3 is 10.6 Å². The van der Waals surface area contributed by atoms with Gasteiger partial charge >= 0.3 is 6.18 Å². The van der Waals surface area contributed by atoms with Crippen molar-refractivity contribution < 1.29 is 22.4 Å². The van der Waals surface area contributed by atoms with Crippen molar-refractivity contribution in [2.75, 3.05) is 11.4 Å². The number of anilines is 1. The smallest absolute Gasteiger partial charge is 0.316 e. The number of amides is 1. The largest absolute Gasteiger partial charge is 0.419 e. The lowest BCUT2D eigenvalue weighted by Gasteiger charge is -2.27. The van der Waals surface area contributed by atoms with Gasteiger partial charge in [-0.25, -0.2) is 4.39 Å². The van der Waals surface area contributed by atoms with E-state index in [1.807, 2.05) is 32.0 Å². The number of rotatable bonds is 6. The van der Waals surface area contributed by atoms with Crippen molar-refractivity contribution >= 4 is 11.6 Å². The summed E-state index contributed by atoms with van der Waals surface area (Å²) in [6, 6.07) is 16.3. The van der Waals surface area contributed by atoms with Crippen molar-refractivity contribution in [1.29, 1.82) is 0 Å². The van der Waals surface area contributed by atoms with Gasteiger partial charge in [0, 0.05) is 12.2 Å². The maximum absolute atomic E-state index is 14.0. The van der Waals surface area contributed by atoms with E-state index in [9.17, 15) is 22.4 Å². The molecule has 0 aliphatic rings. The zero-order chi connectivity index (χ0) is 23.5. The van der Waals surface area contributed by atoms with Crippen LogP contribution in [0.2, 0.25) is 0 Å². The van der Waals surface area contributed by atoms with Crippen LogP contribution in [-0.2, 0) is 17.4 Å². The Morgan fingerprint density at radius 2 is 1.66 bits per heavy atom. The van der Waals surface area contributed by atoms with E-state index in [1.54, 1.807) is 30.3 Å². The fourth-order valence-electron chi connectivity index (χ4n) is 3.42. The van der Waals surface area contributed by atoms with E-state index >= 15 is 0 Å². The minimum atomic E-state index is -4.76. The zero-order valence-electron chi connectivity index (χ0n) is 17.8. The Morgan fingerprint density at radius 1 is 0.969 bits per heavy atom. The number of halogens is 4. The third-order valence-corrected chi connectivity index (χ3v) is 5.46. The predicted molar refractivity (Wildman–Crippen MR) is 117 cm³/mol. The summed E-state index contributed by atoms with van der Waals surface area (Å²) in [6.07, 6.45) is -4.60. The van der Waals surface area contributed by atoms with Gasteiger partial charge in [-0.1, -0.05) is 42.5 Å². The van der Waals surface area contributed by atoms with Crippen molar-refractivity contribution in [3.05, 3.63) is 100 Å². The van der Waals surface area contributed by atoms with Crippen molar-refractivity contribution in [3.8, 4) is 0 Å². The number of hydrogen-bond acceptors (Lipinski definition) is 2. The molecule has 3 rings (SSSR count). The third-order valence-electron chi connectivity index (χ3n) is 5.46. The molecule has 0 spiro atoms. The molecule has 1 amide bonds. The molecule has 32 heavy (non-hydrogen) atoms. The quantitative estimate of drug-likeness (QED) is 0.493. The van der Waals surface area contributed by atoms with E-state index < -0.39 is 23.6 Å². The normalized spacial score (nSPS) is 12.5. The van der Waals surface area contributed by atoms with Crippen molar-refractivity contribution in [1.82, 2.24) is 0 Å². The highest BCUT2D eigenvalue weighted by atomic mass is 19.4. The Labute approximate surface area is 184 Å². The molecule has 0 fully saturated rings. The van der Waals surface area contributed by atoms with E-state index in [2.05, 4.69) is 0 Å². The number of alkyl halides is 3. The van der Waals surface area contributed by atoms with Crippen LogP contribution in [0, 0.1) is 19.7 Å². The van der Waals surface area contributed by atoms with Crippen LogP contribution in [0.3, 0.4) is 0 Å². The lowest BCUT2D eigenvalue weighted by Crippen LogP contribution is -2.40. The van der Waals surface area contributed by atoms with Crippen LogP contribution in [0.4, 0.5) is 23.2 Å². The standard InChI is InChI=1S/C25H24F4N2O/c1-16-8-10-20(14-17(16)2)31(24(32)23(30)19-6-4-3-5-7-19)13-12-18-9-11-21(22(26)15-18)25(27,28)29/h3-11,14-15,23H,12-13,30H2,1-2H3. The minimum Gasteiger partial charge on any atom is -0.316 e. The Hall–Kier alpha value is -3.19. The van der Waals surface area contributed by atoms with Gasteiger partial charge in [0.05, 0.1) is 5.56 Å². The number of carbonyl (C=O) groups is 1. The van der Waals surface area contributed by atoms with Crippen LogP contribution in [0.15, 0.2) is 66.7 Å². The lowest BCUT2D eigenvalue weighted by atomic mass is 10.0. The molecular formula is C25H24F4N2O. The average Bonchev–Trinajstić information content (AvgIpc) is 2.75. The summed E-state index contributed by atoms with van der Waals surface area (Å²) in [5, 5.41) is 0. The van der Waals surface area contributed by atoms with Crippen LogP contribution in [0.1, 0.15) is 33.9 Å². The summed E-state index contributed by atoms with van der Waals surface area (Å²) >= 11 is 0. The molecule has 0 aliphatic heterocycles. The molecule has 3 aromatic carbocycles. The molecule has 0 saturated heterocycles. The highest BCUT2D eigenvalue weighted by Crippen LogP contribution is 2.32. The molecule has 0 aliphatic carbocycles. The van der Waals surface area contributed by atoms with Gasteiger partial charge in [-0.2, -0.15) is 13.2 Å². The van der Waals surface area contributed by atoms with Crippen LogP contribution in [0.25, 0.3) is 0 Å². The first-order valence-electron chi connectivity index (χ1n) is 10.1. The van der Waals surface area contributed by atoms with E-state index in [4.69, 9.17) is 5.73 Å². The van der Waals surface area contributed by atoms with E-state index in [-0.39, 0.29) is 18.9 Å². The molecule has 0 bridgehead atoms. The number of nitrogens with zero attached hydrogens (tertiary/aromatic N) is 1. The van der Waals surface area contributed by atoms with Gasteiger partial charge in [0.15, 0.2) is 0 Å². The molecular weight excluding hydrogens is 420 g/mol. The highest BCUT2D eigenvalue weighted by molar-refractivity contribution is 5.97. The van der Waals surface area contributed by atoms with Crippen LogP contribution >= 0.6 is 0 Å².